The molecule has 0 amide bonds. The highest BCUT2D eigenvalue weighted by Crippen LogP contribution is 2.53. The summed E-state index contributed by atoms with van der Waals surface area (Å²) in [5.41, 5.74) is 8.51. The number of benzene rings is 8. The molecule has 0 N–H and O–H groups in total. The summed E-state index contributed by atoms with van der Waals surface area (Å²) >= 11 is 5.66. The van der Waals surface area contributed by atoms with Crippen LogP contribution < -0.4 is 4.90 Å². The van der Waals surface area contributed by atoms with E-state index >= 15 is 0 Å². The molecular weight excluding hydrogens is 687 g/mol. The average Bonchev–Trinajstić information content (AvgIpc) is 3.90. The largest absolute Gasteiger partial charge is 0.308 e. The molecule has 0 bridgehead atoms. The molecule has 4 heteroatoms. The minimum atomic E-state index is 1.20. The molecule has 0 fully saturated rings. The Morgan fingerprint density at radius 2 is 0.846 bits per heavy atom. The number of thiophene rings is 3. The van der Waals surface area contributed by atoms with Gasteiger partial charge in [-0.3, -0.25) is 0 Å². The zero-order valence-electron chi connectivity index (χ0n) is 27.9. The second kappa shape index (κ2) is 11.9. The SMILES string of the molecule is c1ccc(-c2ccc3c(c2)sc2cc(-c4ccccc4)cc(N(c4cccc5c4sc4ccccc45)c4cccc5sc6ccccc6c45)c23)cc1. The summed E-state index contributed by atoms with van der Waals surface area (Å²) in [4.78, 5) is 2.59. The van der Waals surface area contributed by atoms with Crippen molar-refractivity contribution in [3.05, 3.63) is 176 Å². The van der Waals surface area contributed by atoms with Crippen LogP contribution in [0.4, 0.5) is 17.1 Å². The first-order valence-corrected chi connectivity index (χ1v) is 20.0. The van der Waals surface area contributed by atoms with Crippen LogP contribution in [0, 0.1) is 0 Å². The van der Waals surface area contributed by atoms with Gasteiger partial charge in [0.25, 0.3) is 0 Å². The summed E-state index contributed by atoms with van der Waals surface area (Å²) < 4.78 is 7.79. The van der Waals surface area contributed by atoms with E-state index in [0.29, 0.717) is 0 Å². The minimum absolute atomic E-state index is 1.20. The Bertz CT molecular complexity index is 3130. The second-order valence-electron chi connectivity index (χ2n) is 13.2. The third-order valence-electron chi connectivity index (χ3n) is 10.3. The van der Waals surface area contributed by atoms with Gasteiger partial charge in [-0.2, -0.15) is 0 Å². The molecule has 244 valence electrons. The summed E-state index contributed by atoms with van der Waals surface area (Å²) in [5, 5.41) is 7.76. The summed E-state index contributed by atoms with van der Waals surface area (Å²) in [6.07, 6.45) is 0. The predicted molar refractivity (Wildman–Crippen MR) is 231 cm³/mol. The van der Waals surface area contributed by atoms with E-state index in [9.17, 15) is 0 Å². The van der Waals surface area contributed by atoms with Crippen LogP contribution >= 0.6 is 34.0 Å². The van der Waals surface area contributed by atoms with E-state index < -0.39 is 0 Å². The maximum absolute atomic E-state index is 2.59. The highest BCUT2D eigenvalue weighted by molar-refractivity contribution is 7.27. The van der Waals surface area contributed by atoms with E-state index in [-0.39, 0.29) is 0 Å². The van der Waals surface area contributed by atoms with Crippen molar-refractivity contribution in [3.8, 4) is 22.3 Å². The Labute approximate surface area is 312 Å². The standard InChI is InChI=1S/C48H29NS3/c1-3-13-30(14-4-1)32-25-26-37-44(28-32)51-45-29-33(31-15-5-2-6-16-31)27-40(47(37)45)49(38-20-12-24-43-46(38)36-18-8-10-23-42(36)50-43)39-21-11-19-35-34-17-7-9-22-41(34)52-48(35)39/h1-29H. The number of hydrogen-bond acceptors (Lipinski definition) is 4. The highest BCUT2D eigenvalue weighted by Gasteiger charge is 2.25. The molecule has 0 saturated carbocycles. The van der Waals surface area contributed by atoms with Crippen molar-refractivity contribution in [1.29, 1.82) is 0 Å². The van der Waals surface area contributed by atoms with Crippen molar-refractivity contribution >= 4 is 112 Å². The molecule has 0 aliphatic rings. The van der Waals surface area contributed by atoms with Crippen LogP contribution in [0.2, 0.25) is 0 Å². The quantitative estimate of drug-likeness (QED) is 0.171. The highest BCUT2D eigenvalue weighted by atomic mass is 32.1. The number of rotatable bonds is 5. The van der Waals surface area contributed by atoms with Crippen molar-refractivity contribution in [2.75, 3.05) is 4.90 Å². The van der Waals surface area contributed by atoms with Crippen LogP contribution in [0.15, 0.2) is 176 Å². The fourth-order valence-electron chi connectivity index (χ4n) is 7.91. The number of nitrogens with zero attached hydrogens (tertiary/aromatic N) is 1. The van der Waals surface area contributed by atoms with Crippen molar-refractivity contribution in [3.63, 3.8) is 0 Å². The Kier molecular flexibility index (Phi) is 6.84. The summed E-state index contributed by atoms with van der Waals surface area (Å²) in [5.74, 6) is 0. The first kappa shape index (κ1) is 29.9. The summed E-state index contributed by atoms with van der Waals surface area (Å²) in [6, 6.07) is 64.9. The Balaban J connectivity index is 1.29. The smallest absolute Gasteiger partial charge is 0.0640 e. The van der Waals surface area contributed by atoms with E-state index in [4.69, 9.17) is 0 Å². The summed E-state index contributed by atoms with van der Waals surface area (Å²) in [6.45, 7) is 0. The van der Waals surface area contributed by atoms with Crippen LogP contribution in [-0.4, -0.2) is 0 Å². The Morgan fingerprint density at radius 3 is 1.65 bits per heavy atom. The molecule has 0 aliphatic heterocycles. The fraction of sp³-hybridized carbons (Fsp3) is 0. The van der Waals surface area contributed by atoms with Gasteiger partial charge in [0.15, 0.2) is 0 Å². The topological polar surface area (TPSA) is 3.24 Å². The van der Waals surface area contributed by atoms with Gasteiger partial charge < -0.3 is 4.90 Å². The van der Waals surface area contributed by atoms with Gasteiger partial charge in [0.05, 0.1) is 21.8 Å². The normalized spacial score (nSPS) is 11.8. The molecule has 3 heterocycles. The predicted octanol–water partition coefficient (Wildman–Crippen LogP) is 15.6. The van der Waals surface area contributed by atoms with E-state index in [1.54, 1.807) is 0 Å². The molecular formula is C48H29NS3. The fourth-order valence-corrected chi connectivity index (χ4v) is 11.4. The lowest BCUT2D eigenvalue weighted by Gasteiger charge is -2.28. The molecule has 0 unspecified atom stereocenters. The monoisotopic (exact) mass is 715 g/mol. The zero-order valence-corrected chi connectivity index (χ0v) is 30.4. The Hall–Kier alpha value is -5.78. The number of fused-ring (bicyclic) bond motifs is 9. The van der Waals surface area contributed by atoms with Crippen LogP contribution in [-0.2, 0) is 0 Å². The lowest BCUT2D eigenvalue weighted by atomic mass is 9.98. The van der Waals surface area contributed by atoms with E-state index in [1.165, 1.54) is 99.8 Å². The lowest BCUT2D eigenvalue weighted by molar-refractivity contribution is 1.34. The molecule has 0 atom stereocenters. The Morgan fingerprint density at radius 1 is 0.288 bits per heavy atom. The van der Waals surface area contributed by atoms with E-state index in [1.807, 2.05) is 34.0 Å². The lowest BCUT2D eigenvalue weighted by Crippen LogP contribution is -2.11. The van der Waals surface area contributed by atoms with Gasteiger partial charge in [-0.1, -0.05) is 127 Å². The van der Waals surface area contributed by atoms with Crippen molar-refractivity contribution in [2.24, 2.45) is 0 Å². The van der Waals surface area contributed by atoms with Gasteiger partial charge in [-0.05, 0) is 70.8 Å². The second-order valence-corrected chi connectivity index (χ2v) is 16.5. The number of anilines is 3. The van der Waals surface area contributed by atoms with Crippen LogP contribution in [0.5, 0.6) is 0 Å². The summed E-state index contributed by atoms with van der Waals surface area (Å²) in [7, 11) is 0. The molecule has 0 spiro atoms. The molecule has 0 saturated heterocycles. The third-order valence-corrected chi connectivity index (χ3v) is 13.7. The van der Waals surface area contributed by atoms with Gasteiger partial charge >= 0.3 is 0 Å². The molecule has 8 aromatic carbocycles. The molecule has 11 rings (SSSR count). The first-order chi connectivity index (χ1) is 25.8. The van der Waals surface area contributed by atoms with Gasteiger partial charge in [0, 0.05) is 55.8 Å². The maximum Gasteiger partial charge on any atom is 0.0640 e. The molecule has 11 aromatic rings. The van der Waals surface area contributed by atoms with Gasteiger partial charge in [-0.15, -0.1) is 34.0 Å². The van der Waals surface area contributed by atoms with E-state index in [2.05, 4.69) is 181 Å². The van der Waals surface area contributed by atoms with E-state index in [0.717, 1.165) is 0 Å². The zero-order chi connectivity index (χ0) is 34.2. The van der Waals surface area contributed by atoms with Gasteiger partial charge in [0.2, 0.25) is 0 Å². The van der Waals surface area contributed by atoms with Crippen LogP contribution in [0.3, 0.4) is 0 Å². The average molecular weight is 716 g/mol. The van der Waals surface area contributed by atoms with Gasteiger partial charge in [0.1, 0.15) is 0 Å². The van der Waals surface area contributed by atoms with Crippen molar-refractivity contribution in [2.45, 2.75) is 0 Å². The molecule has 0 radical (unpaired) electrons. The molecule has 52 heavy (non-hydrogen) atoms. The maximum atomic E-state index is 2.59. The van der Waals surface area contributed by atoms with Crippen molar-refractivity contribution in [1.82, 2.24) is 0 Å². The molecule has 3 aromatic heterocycles. The van der Waals surface area contributed by atoms with Gasteiger partial charge in [-0.25, -0.2) is 0 Å². The minimum Gasteiger partial charge on any atom is -0.308 e. The number of hydrogen-bond donors (Lipinski definition) is 0. The molecule has 0 aliphatic carbocycles. The van der Waals surface area contributed by atoms with Crippen LogP contribution in [0.25, 0.3) is 82.8 Å². The van der Waals surface area contributed by atoms with Crippen LogP contribution in [0.1, 0.15) is 0 Å². The molecule has 1 nitrogen and oxygen atoms in total. The van der Waals surface area contributed by atoms with Crippen molar-refractivity contribution < 1.29 is 0 Å². The third kappa shape index (κ3) is 4.65. The first-order valence-electron chi connectivity index (χ1n) is 17.5.